The second-order valence-corrected chi connectivity index (χ2v) is 4.66. The summed E-state index contributed by atoms with van der Waals surface area (Å²) < 4.78 is 1.66. The third-order valence-corrected chi connectivity index (χ3v) is 3.32. The van der Waals surface area contributed by atoms with E-state index in [2.05, 4.69) is 10.3 Å². The molecular formula is C13H11N3O4. The number of carboxylic acid groups (broad SMARTS) is 1. The molecule has 1 aliphatic heterocycles. The fraction of sp³-hybridized carbons (Fsp3) is 0.231. The Balaban J connectivity index is 1.98. The second kappa shape index (κ2) is 4.44. The van der Waals surface area contributed by atoms with Crippen molar-refractivity contribution in [2.75, 3.05) is 0 Å². The van der Waals surface area contributed by atoms with Crippen LogP contribution in [-0.4, -0.2) is 32.3 Å². The molecule has 0 bridgehead atoms. The Bertz CT molecular complexity index is 734. The van der Waals surface area contributed by atoms with Gasteiger partial charge in [-0.3, -0.25) is 14.9 Å². The van der Waals surface area contributed by atoms with Crippen LogP contribution in [0.4, 0.5) is 0 Å². The summed E-state index contributed by atoms with van der Waals surface area (Å²) in [5.74, 6) is -2.13. The molecule has 2 aromatic heterocycles. The van der Waals surface area contributed by atoms with Crippen molar-refractivity contribution in [3.05, 3.63) is 35.8 Å². The van der Waals surface area contributed by atoms with Gasteiger partial charge in [0.05, 0.1) is 17.2 Å². The highest BCUT2D eigenvalue weighted by Crippen LogP contribution is 2.24. The second-order valence-electron chi connectivity index (χ2n) is 4.66. The van der Waals surface area contributed by atoms with E-state index in [1.54, 1.807) is 16.8 Å². The summed E-state index contributed by atoms with van der Waals surface area (Å²) in [6.45, 7) is 0. The van der Waals surface area contributed by atoms with Gasteiger partial charge in [-0.1, -0.05) is 0 Å². The van der Waals surface area contributed by atoms with Gasteiger partial charge in [0.2, 0.25) is 11.8 Å². The molecule has 3 rings (SSSR count). The minimum absolute atomic E-state index is 0.137. The van der Waals surface area contributed by atoms with Gasteiger partial charge in [0, 0.05) is 18.8 Å². The maximum atomic E-state index is 11.8. The highest BCUT2D eigenvalue weighted by atomic mass is 16.4. The first-order chi connectivity index (χ1) is 9.54. The summed E-state index contributed by atoms with van der Waals surface area (Å²) in [6, 6.07) is 2.91. The van der Waals surface area contributed by atoms with Crippen LogP contribution in [0.5, 0.6) is 0 Å². The van der Waals surface area contributed by atoms with Crippen molar-refractivity contribution < 1.29 is 19.5 Å². The van der Waals surface area contributed by atoms with Crippen LogP contribution < -0.4 is 5.32 Å². The number of hydrogen-bond acceptors (Lipinski definition) is 4. The van der Waals surface area contributed by atoms with Crippen molar-refractivity contribution in [3.63, 3.8) is 0 Å². The summed E-state index contributed by atoms with van der Waals surface area (Å²) in [6.07, 6.45) is 3.97. The number of nitrogens with one attached hydrogen (secondary N) is 1. The van der Waals surface area contributed by atoms with Crippen LogP contribution in [0.25, 0.3) is 5.65 Å². The van der Waals surface area contributed by atoms with Crippen LogP contribution in [0.1, 0.15) is 34.8 Å². The predicted molar refractivity (Wildman–Crippen MR) is 67.3 cm³/mol. The number of aromatic nitrogens is 2. The lowest BCUT2D eigenvalue weighted by Crippen LogP contribution is -2.39. The third-order valence-electron chi connectivity index (χ3n) is 3.32. The Kier molecular flexibility index (Phi) is 2.74. The maximum absolute atomic E-state index is 11.8. The Morgan fingerprint density at radius 1 is 1.45 bits per heavy atom. The van der Waals surface area contributed by atoms with Gasteiger partial charge >= 0.3 is 5.97 Å². The molecule has 1 aliphatic rings. The molecule has 1 saturated heterocycles. The maximum Gasteiger partial charge on any atom is 0.335 e. The molecule has 0 aliphatic carbocycles. The zero-order chi connectivity index (χ0) is 14.3. The number of imidazole rings is 1. The van der Waals surface area contributed by atoms with E-state index in [0.29, 0.717) is 17.8 Å². The minimum atomic E-state index is -1.03. The van der Waals surface area contributed by atoms with Crippen molar-refractivity contribution in [1.29, 1.82) is 0 Å². The number of pyridine rings is 1. The van der Waals surface area contributed by atoms with Crippen LogP contribution in [-0.2, 0) is 9.59 Å². The molecule has 0 spiro atoms. The monoisotopic (exact) mass is 273 g/mol. The highest BCUT2D eigenvalue weighted by Gasteiger charge is 2.29. The molecule has 2 amide bonds. The normalized spacial score (nSPS) is 19.1. The van der Waals surface area contributed by atoms with E-state index in [1.807, 2.05) is 0 Å². The predicted octanol–water partition coefficient (Wildman–Crippen LogP) is 0.553. The van der Waals surface area contributed by atoms with E-state index in [-0.39, 0.29) is 23.8 Å². The number of carbonyl (C=O) groups is 3. The molecule has 2 N–H and O–H groups in total. The number of aromatic carboxylic acids is 1. The van der Waals surface area contributed by atoms with E-state index in [4.69, 9.17) is 5.11 Å². The zero-order valence-corrected chi connectivity index (χ0v) is 10.4. The number of imide groups is 1. The lowest BCUT2D eigenvalue weighted by Gasteiger charge is -2.18. The standard InChI is InChI=1S/C13H11N3O4/c17-11-2-1-8(12(18)15-11)9-6-16-4-3-7(13(19)20)5-10(16)14-9/h3-6,8H,1-2H2,(H,19,20)(H,15,17,18). The Morgan fingerprint density at radius 3 is 2.95 bits per heavy atom. The molecule has 0 saturated carbocycles. The van der Waals surface area contributed by atoms with Gasteiger partial charge in [-0.25, -0.2) is 9.78 Å². The van der Waals surface area contributed by atoms with E-state index in [1.165, 1.54) is 12.1 Å². The molecule has 7 heteroatoms. The van der Waals surface area contributed by atoms with Crippen LogP contribution in [0.2, 0.25) is 0 Å². The van der Waals surface area contributed by atoms with Crippen molar-refractivity contribution >= 4 is 23.4 Å². The molecule has 1 fully saturated rings. The largest absolute Gasteiger partial charge is 0.478 e. The van der Waals surface area contributed by atoms with Crippen LogP contribution in [0, 0.1) is 0 Å². The Labute approximate surface area is 113 Å². The third kappa shape index (κ3) is 2.03. The number of piperidine rings is 1. The van der Waals surface area contributed by atoms with Gasteiger partial charge in [0.1, 0.15) is 5.65 Å². The average molecular weight is 273 g/mol. The summed E-state index contributed by atoms with van der Waals surface area (Å²) >= 11 is 0. The van der Waals surface area contributed by atoms with Crippen molar-refractivity contribution in [2.24, 2.45) is 0 Å². The van der Waals surface area contributed by atoms with Gasteiger partial charge in [-0.2, -0.15) is 0 Å². The quantitative estimate of drug-likeness (QED) is 0.778. The molecule has 0 radical (unpaired) electrons. The number of carbonyl (C=O) groups excluding carboxylic acids is 2. The van der Waals surface area contributed by atoms with Crippen molar-refractivity contribution in [1.82, 2.24) is 14.7 Å². The first-order valence-electron chi connectivity index (χ1n) is 6.10. The van der Waals surface area contributed by atoms with Crippen molar-refractivity contribution in [2.45, 2.75) is 18.8 Å². The van der Waals surface area contributed by atoms with Crippen LogP contribution in [0.3, 0.4) is 0 Å². The Hall–Kier alpha value is -2.70. The van der Waals surface area contributed by atoms with Gasteiger partial charge in [0.15, 0.2) is 0 Å². The number of fused-ring (bicyclic) bond motifs is 1. The van der Waals surface area contributed by atoms with E-state index >= 15 is 0 Å². The van der Waals surface area contributed by atoms with Gasteiger partial charge in [-0.15, -0.1) is 0 Å². The fourth-order valence-corrected chi connectivity index (χ4v) is 2.28. The van der Waals surface area contributed by atoms with Gasteiger partial charge < -0.3 is 9.51 Å². The molecule has 1 unspecified atom stereocenters. The summed E-state index contributed by atoms with van der Waals surface area (Å²) in [7, 11) is 0. The SMILES string of the molecule is O=C1CCC(c2cn3ccc(C(=O)O)cc3n2)C(=O)N1. The van der Waals surface area contributed by atoms with E-state index < -0.39 is 11.9 Å². The Morgan fingerprint density at radius 2 is 2.25 bits per heavy atom. The summed E-state index contributed by atoms with van der Waals surface area (Å²) in [5.41, 5.74) is 1.14. The van der Waals surface area contributed by atoms with Crippen LogP contribution in [0.15, 0.2) is 24.5 Å². The smallest absolute Gasteiger partial charge is 0.335 e. The van der Waals surface area contributed by atoms with E-state index in [9.17, 15) is 14.4 Å². The number of rotatable bonds is 2. The minimum Gasteiger partial charge on any atom is -0.478 e. The van der Waals surface area contributed by atoms with Crippen molar-refractivity contribution in [3.8, 4) is 0 Å². The van der Waals surface area contributed by atoms with Gasteiger partial charge in [0.25, 0.3) is 0 Å². The molecule has 2 aromatic rings. The van der Waals surface area contributed by atoms with E-state index in [0.717, 1.165) is 0 Å². The lowest BCUT2D eigenvalue weighted by molar-refractivity contribution is -0.134. The number of nitrogens with zero attached hydrogens (tertiary/aromatic N) is 2. The first-order valence-corrected chi connectivity index (χ1v) is 6.10. The summed E-state index contributed by atoms with van der Waals surface area (Å²) in [5, 5.41) is 11.2. The number of carboxylic acids is 1. The number of hydrogen-bond donors (Lipinski definition) is 2. The van der Waals surface area contributed by atoms with Gasteiger partial charge in [-0.05, 0) is 18.6 Å². The topological polar surface area (TPSA) is 101 Å². The van der Waals surface area contributed by atoms with Crippen LogP contribution >= 0.6 is 0 Å². The molecule has 0 aromatic carbocycles. The molecule has 102 valence electrons. The molecule has 7 nitrogen and oxygen atoms in total. The number of amides is 2. The molecule has 1 atom stereocenters. The highest BCUT2D eigenvalue weighted by molar-refractivity contribution is 6.00. The first kappa shape index (κ1) is 12.3. The zero-order valence-electron chi connectivity index (χ0n) is 10.4. The lowest BCUT2D eigenvalue weighted by atomic mass is 9.95. The molecule has 20 heavy (non-hydrogen) atoms. The summed E-state index contributed by atoms with van der Waals surface area (Å²) in [4.78, 5) is 38.1. The fourth-order valence-electron chi connectivity index (χ4n) is 2.28. The molecular weight excluding hydrogens is 262 g/mol. The average Bonchev–Trinajstić information content (AvgIpc) is 2.80. The molecule has 3 heterocycles.